The molecule has 34 heavy (non-hydrogen) atoms. The van der Waals surface area contributed by atoms with Gasteiger partial charge in [-0.25, -0.2) is 4.79 Å². The van der Waals surface area contributed by atoms with Gasteiger partial charge in [0.15, 0.2) is 5.11 Å². The van der Waals surface area contributed by atoms with E-state index in [1.54, 1.807) is 30.3 Å². The van der Waals surface area contributed by atoms with Crippen molar-refractivity contribution in [2.75, 3.05) is 4.90 Å². The molecule has 4 rings (SSSR count). The van der Waals surface area contributed by atoms with E-state index >= 15 is 0 Å². The third-order valence-corrected chi connectivity index (χ3v) is 6.11. The normalized spacial score (nSPS) is 15.1. The van der Waals surface area contributed by atoms with Crippen LogP contribution in [0.5, 0.6) is 0 Å². The van der Waals surface area contributed by atoms with Gasteiger partial charge in [-0.1, -0.05) is 25.1 Å². The van der Waals surface area contributed by atoms with Gasteiger partial charge in [-0.3, -0.25) is 19.8 Å². The van der Waals surface area contributed by atoms with Crippen LogP contribution in [0.3, 0.4) is 0 Å². The van der Waals surface area contributed by atoms with E-state index in [9.17, 15) is 19.5 Å². The minimum atomic E-state index is -1.01. The number of rotatable bonds is 5. The number of hydrogen-bond acceptors (Lipinski definition) is 4. The lowest BCUT2D eigenvalue weighted by Crippen LogP contribution is -2.54. The van der Waals surface area contributed by atoms with Gasteiger partial charge in [0.1, 0.15) is 5.57 Å². The molecule has 7 nitrogen and oxygen atoms in total. The summed E-state index contributed by atoms with van der Waals surface area (Å²) in [5, 5.41) is 12.0. The predicted molar refractivity (Wildman–Crippen MR) is 134 cm³/mol. The number of nitrogens with one attached hydrogen (secondary N) is 1. The number of benzene rings is 2. The van der Waals surface area contributed by atoms with Crippen LogP contribution in [0.1, 0.15) is 39.8 Å². The first-order chi connectivity index (χ1) is 16.2. The van der Waals surface area contributed by atoms with Crippen molar-refractivity contribution in [1.29, 1.82) is 0 Å². The molecule has 1 aliphatic rings. The topological polar surface area (TPSA) is 91.6 Å². The largest absolute Gasteiger partial charge is 0.478 e. The Morgan fingerprint density at radius 3 is 2.41 bits per heavy atom. The van der Waals surface area contributed by atoms with E-state index in [1.807, 2.05) is 49.6 Å². The smallest absolute Gasteiger partial charge is 0.335 e. The molecule has 1 aromatic heterocycles. The zero-order valence-electron chi connectivity index (χ0n) is 19.0. The van der Waals surface area contributed by atoms with Crippen molar-refractivity contribution < 1.29 is 19.5 Å². The Morgan fingerprint density at radius 2 is 1.76 bits per heavy atom. The molecule has 0 radical (unpaired) electrons. The molecule has 1 fully saturated rings. The number of aromatic nitrogens is 1. The highest BCUT2D eigenvalue weighted by molar-refractivity contribution is 7.80. The molecule has 2 aromatic carbocycles. The lowest BCUT2D eigenvalue weighted by Gasteiger charge is -2.29. The number of nitrogens with zero attached hydrogens (tertiary/aromatic N) is 2. The molecule has 0 saturated carbocycles. The van der Waals surface area contributed by atoms with E-state index in [-0.39, 0.29) is 16.2 Å². The average Bonchev–Trinajstić information content (AvgIpc) is 3.09. The standard InChI is InChI=1S/C26H23N3O4S/c1-4-17-8-10-20(11-9-17)29-24(31)22(23(30)27-26(29)34)14-19-12-15(2)28(16(19)3)21-7-5-6-18(13-21)25(32)33/h5-14H,4H2,1-3H3,(H,32,33)(H,27,30,34). The summed E-state index contributed by atoms with van der Waals surface area (Å²) >= 11 is 5.28. The Hall–Kier alpha value is -4.04. The maximum Gasteiger partial charge on any atom is 0.335 e. The molecule has 2 heterocycles. The molecular weight excluding hydrogens is 450 g/mol. The van der Waals surface area contributed by atoms with E-state index in [2.05, 4.69) is 5.32 Å². The molecule has 0 spiro atoms. The van der Waals surface area contributed by atoms with Crippen LogP contribution in [0.15, 0.2) is 60.2 Å². The number of hydrogen-bond donors (Lipinski definition) is 2. The van der Waals surface area contributed by atoms with Gasteiger partial charge in [0, 0.05) is 17.1 Å². The van der Waals surface area contributed by atoms with Crippen molar-refractivity contribution in [1.82, 2.24) is 9.88 Å². The van der Waals surface area contributed by atoms with Gasteiger partial charge in [0.05, 0.1) is 11.3 Å². The van der Waals surface area contributed by atoms with Gasteiger partial charge < -0.3 is 9.67 Å². The van der Waals surface area contributed by atoms with Gasteiger partial charge in [-0.2, -0.15) is 0 Å². The number of amides is 2. The maximum atomic E-state index is 13.3. The number of aryl methyl sites for hydroxylation is 2. The van der Waals surface area contributed by atoms with Gasteiger partial charge >= 0.3 is 5.97 Å². The van der Waals surface area contributed by atoms with E-state index in [0.717, 1.165) is 23.4 Å². The summed E-state index contributed by atoms with van der Waals surface area (Å²) in [6.07, 6.45) is 2.41. The summed E-state index contributed by atoms with van der Waals surface area (Å²) in [6.45, 7) is 5.77. The molecule has 0 bridgehead atoms. The van der Waals surface area contributed by atoms with E-state index in [4.69, 9.17) is 12.2 Å². The van der Waals surface area contributed by atoms with Crippen molar-refractivity contribution >= 4 is 46.9 Å². The lowest BCUT2D eigenvalue weighted by molar-refractivity contribution is -0.122. The summed E-state index contributed by atoms with van der Waals surface area (Å²) in [7, 11) is 0. The van der Waals surface area contributed by atoms with Crippen LogP contribution >= 0.6 is 12.2 Å². The quantitative estimate of drug-likeness (QED) is 0.329. The van der Waals surface area contributed by atoms with Crippen molar-refractivity contribution in [3.05, 3.63) is 88.2 Å². The highest BCUT2D eigenvalue weighted by Gasteiger charge is 2.34. The van der Waals surface area contributed by atoms with Crippen LogP contribution in [0.2, 0.25) is 0 Å². The minimum absolute atomic E-state index is 0.0345. The van der Waals surface area contributed by atoms with Crippen LogP contribution in [0.4, 0.5) is 5.69 Å². The molecule has 0 unspecified atom stereocenters. The van der Waals surface area contributed by atoms with Crippen molar-refractivity contribution in [2.24, 2.45) is 0 Å². The Bertz CT molecular complexity index is 1370. The van der Waals surface area contributed by atoms with Crippen molar-refractivity contribution in [3.8, 4) is 5.69 Å². The van der Waals surface area contributed by atoms with Gasteiger partial charge in [-0.05, 0) is 86.1 Å². The molecule has 2 N–H and O–H groups in total. The Balaban J connectivity index is 1.74. The van der Waals surface area contributed by atoms with Crippen LogP contribution in [0.25, 0.3) is 11.8 Å². The Kier molecular flexibility index (Phi) is 6.17. The van der Waals surface area contributed by atoms with Gasteiger partial charge in [0.25, 0.3) is 11.8 Å². The Morgan fingerprint density at radius 1 is 1.06 bits per heavy atom. The van der Waals surface area contributed by atoms with Crippen LogP contribution in [0, 0.1) is 13.8 Å². The molecule has 1 saturated heterocycles. The minimum Gasteiger partial charge on any atom is -0.478 e. The second-order valence-electron chi connectivity index (χ2n) is 8.00. The zero-order chi connectivity index (χ0) is 24.6. The number of carbonyl (C=O) groups excluding carboxylic acids is 2. The van der Waals surface area contributed by atoms with Crippen molar-refractivity contribution in [2.45, 2.75) is 27.2 Å². The molecular formula is C26H23N3O4S. The number of carboxylic acids is 1. The number of thiocarbonyl (C=S) groups is 1. The van der Waals surface area contributed by atoms with Crippen molar-refractivity contribution in [3.63, 3.8) is 0 Å². The molecule has 0 atom stereocenters. The fraction of sp³-hybridized carbons (Fsp3) is 0.154. The predicted octanol–water partition coefficient (Wildman–Crippen LogP) is 4.19. The molecule has 3 aromatic rings. The number of carbonyl (C=O) groups is 3. The van der Waals surface area contributed by atoms with E-state index < -0.39 is 17.8 Å². The second-order valence-corrected chi connectivity index (χ2v) is 8.38. The maximum absolute atomic E-state index is 13.3. The number of carboxylic acid groups (broad SMARTS) is 1. The first-order valence-electron chi connectivity index (χ1n) is 10.7. The molecule has 0 aliphatic carbocycles. The monoisotopic (exact) mass is 473 g/mol. The van der Waals surface area contributed by atoms with E-state index in [0.29, 0.717) is 16.9 Å². The number of aromatic carboxylic acids is 1. The Labute approximate surface area is 202 Å². The lowest BCUT2D eigenvalue weighted by atomic mass is 10.1. The summed E-state index contributed by atoms with van der Waals surface area (Å²) < 4.78 is 1.88. The molecule has 2 amide bonds. The third-order valence-electron chi connectivity index (χ3n) is 5.83. The fourth-order valence-corrected chi connectivity index (χ4v) is 4.32. The SMILES string of the molecule is CCc1ccc(N2C(=O)C(=Cc3cc(C)n(-c4cccc(C(=O)O)c4)c3C)C(=O)NC2=S)cc1. The second kappa shape index (κ2) is 9.07. The average molecular weight is 474 g/mol. The third kappa shape index (κ3) is 4.15. The first kappa shape index (κ1) is 23.1. The number of anilines is 1. The fourth-order valence-electron chi connectivity index (χ4n) is 4.04. The molecule has 172 valence electrons. The summed E-state index contributed by atoms with van der Waals surface area (Å²) in [5.41, 5.74) is 4.78. The molecule has 1 aliphatic heterocycles. The molecule has 8 heteroatoms. The zero-order valence-corrected chi connectivity index (χ0v) is 19.8. The van der Waals surface area contributed by atoms with Crippen LogP contribution in [-0.4, -0.2) is 32.6 Å². The van der Waals surface area contributed by atoms with Gasteiger partial charge in [-0.15, -0.1) is 0 Å². The summed E-state index contributed by atoms with van der Waals surface area (Å²) in [4.78, 5) is 38.7. The highest BCUT2D eigenvalue weighted by Crippen LogP contribution is 2.26. The summed E-state index contributed by atoms with van der Waals surface area (Å²) in [6, 6.07) is 15.9. The highest BCUT2D eigenvalue weighted by atomic mass is 32.1. The summed E-state index contributed by atoms with van der Waals surface area (Å²) in [5.74, 6) is -2.08. The first-order valence-corrected chi connectivity index (χ1v) is 11.1. The van der Waals surface area contributed by atoms with Gasteiger partial charge in [0.2, 0.25) is 0 Å². The van der Waals surface area contributed by atoms with Crippen LogP contribution in [-0.2, 0) is 16.0 Å². The van der Waals surface area contributed by atoms with E-state index in [1.165, 1.54) is 11.0 Å². The van der Waals surface area contributed by atoms with Crippen LogP contribution < -0.4 is 10.2 Å².